The fraction of sp³-hybridized carbons (Fsp3) is 0.133. The van der Waals surface area contributed by atoms with Gasteiger partial charge in [0.25, 0.3) is 0 Å². The molecule has 3 rings (SSSR count). The molecule has 1 aromatic carbocycles. The van der Waals surface area contributed by atoms with Crippen molar-refractivity contribution in [3.63, 3.8) is 0 Å². The van der Waals surface area contributed by atoms with Crippen LogP contribution in [0.4, 0.5) is 5.69 Å². The molecule has 1 unspecified atom stereocenters. The molecule has 0 radical (unpaired) electrons. The smallest absolute Gasteiger partial charge is 0.136 e. The minimum atomic E-state index is -0.000423. The van der Waals surface area contributed by atoms with Gasteiger partial charge in [0.05, 0.1) is 0 Å². The zero-order chi connectivity index (χ0) is 13.9. The second-order valence-corrected chi connectivity index (χ2v) is 5.52. The van der Waals surface area contributed by atoms with E-state index in [1.165, 1.54) is 4.88 Å². The van der Waals surface area contributed by atoms with Crippen molar-refractivity contribution in [3.05, 3.63) is 64.9 Å². The molecule has 5 heteroatoms. The number of hydrogen-bond acceptors (Lipinski definition) is 4. The first-order chi connectivity index (χ1) is 9.74. The van der Waals surface area contributed by atoms with Crippen LogP contribution < -0.4 is 5.32 Å². The Balaban J connectivity index is 1.94. The third-order valence-corrected chi connectivity index (χ3v) is 4.06. The molecular formula is C15H15N3OS. The van der Waals surface area contributed by atoms with Gasteiger partial charge in [0, 0.05) is 30.0 Å². The number of thiophene rings is 1. The second-order valence-electron chi connectivity index (χ2n) is 4.54. The topological polar surface area (TPSA) is 50.1 Å². The van der Waals surface area contributed by atoms with E-state index in [-0.39, 0.29) is 11.8 Å². The molecule has 2 heterocycles. The molecule has 0 bridgehead atoms. The number of nitrogens with zero attached hydrogens (tertiary/aromatic N) is 2. The first-order valence-electron chi connectivity index (χ1n) is 6.30. The lowest BCUT2D eigenvalue weighted by Crippen LogP contribution is -2.15. The van der Waals surface area contributed by atoms with E-state index < -0.39 is 0 Å². The van der Waals surface area contributed by atoms with E-state index in [2.05, 4.69) is 21.7 Å². The van der Waals surface area contributed by atoms with Crippen LogP contribution in [-0.2, 0) is 7.05 Å². The van der Waals surface area contributed by atoms with Crippen LogP contribution in [0.25, 0.3) is 0 Å². The molecule has 2 N–H and O–H groups in total. The van der Waals surface area contributed by atoms with Gasteiger partial charge in [-0.1, -0.05) is 6.07 Å². The molecule has 0 aliphatic carbocycles. The quantitative estimate of drug-likeness (QED) is 0.722. The third kappa shape index (κ3) is 2.53. The van der Waals surface area contributed by atoms with Gasteiger partial charge in [0.15, 0.2) is 0 Å². The Labute approximate surface area is 121 Å². The Bertz CT molecular complexity index is 673. The number of nitrogens with one attached hydrogen (secondary N) is 1. The summed E-state index contributed by atoms with van der Waals surface area (Å²) in [6.07, 6.45) is 3.74. The fourth-order valence-electron chi connectivity index (χ4n) is 2.10. The molecule has 0 amide bonds. The predicted octanol–water partition coefficient (Wildman–Crippen LogP) is 3.39. The number of rotatable bonds is 4. The van der Waals surface area contributed by atoms with Crippen LogP contribution in [0.1, 0.15) is 16.7 Å². The molecule has 0 aliphatic heterocycles. The SMILES string of the molecule is Cn1ccnc1C(Nc1ccc(O)cc1)c1cccs1. The molecule has 20 heavy (non-hydrogen) atoms. The Hall–Kier alpha value is -2.27. The third-order valence-electron chi connectivity index (χ3n) is 3.12. The first kappa shape index (κ1) is 12.7. The van der Waals surface area contributed by atoms with Gasteiger partial charge >= 0.3 is 0 Å². The summed E-state index contributed by atoms with van der Waals surface area (Å²) in [4.78, 5) is 5.64. The molecule has 0 aliphatic rings. The number of benzene rings is 1. The summed E-state index contributed by atoms with van der Waals surface area (Å²) < 4.78 is 2.01. The van der Waals surface area contributed by atoms with Gasteiger partial charge in [-0.25, -0.2) is 4.98 Å². The van der Waals surface area contributed by atoms with Gasteiger partial charge in [0.1, 0.15) is 17.6 Å². The average molecular weight is 285 g/mol. The van der Waals surface area contributed by atoms with Crippen molar-refractivity contribution in [1.29, 1.82) is 0 Å². The van der Waals surface area contributed by atoms with Crippen molar-refractivity contribution >= 4 is 17.0 Å². The molecule has 3 aromatic rings. The van der Waals surface area contributed by atoms with Crippen molar-refractivity contribution in [3.8, 4) is 5.75 Å². The van der Waals surface area contributed by atoms with Gasteiger partial charge in [0.2, 0.25) is 0 Å². The van der Waals surface area contributed by atoms with Crippen LogP contribution in [0.15, 0.2) is 54.2 Å². The molecule has 102 valence electrons. The molecule has 0 saturated carbocycles. The number of phenolic OH excluding ortho intramolecular Hbond substituents is 1. The maximum absolute atomic E-state index is 9.36. The number of phenols is 1. The summed E-state index contributed by atoms with van der Waals surface area (Å²) in [7, 11) is 1.99. The van der Waals surface area contributed by atoms with Crippen LogP contribution in [0.3, 0.4) is 0 Å². The Kier molecular flexibility index (Phi) is 3.43. The van der Waals surface area contributed by atoms with Gasteiger partial charge < -0.3 is 15.0 Å². The summed E-state index contributed by atoms with van der Waals surface area (Å²) in [5.41, 5.74) is 0.948. The largest absolute Gasteiger partial charge is 0.508 e. The summed E-state index contributed by atoms with van der Waals surface area (Å²) >= 11 is 1.70. The maximum Gasteiger partial charge on any atom is 0.136 e. The van der Waals surface area contributed by atoms with Gasteiger partial charge in [-0.05, 0) is 35.7 Å². The van der Waals surface area contributed by atoms with Crippen LogP contribution >= 0.6 is 11.3 Å². The molecule has 2 aromatic heterocycles. The highest BCUT2D eigenvalue weighted by Crippen LogP contribution is 2.29. The molecule has 0 fully saturated rings. The summed E-state index contributed by atoms with van der Waals surface area (Å²) in [5, 5.41) is 14.9. The number of aromatic hydroxyl groups is 1. The lowest BCUT2D eigenvalue weighted by molar-refractivity contribution is 0.475. The Morgan fingerprint density at radius 2 is 2.05 bits per heavy atom. The van der Waals surface area contributed by atoms with E-state index in [4.69, 9.17) is 0 Å². The first-order valence-corrected chi connectivity index (χ1v) is 7.18. The number of anilines is 1. The van der Waals surface area contributed by atoms with Crippen molar-refractivity contribution < 1.29 is 5.11 Å². The molecule has 4 nitrogen and oxygen atoms in total. The Morgan fingerprint density at radius 1 is 1.25 bits per heavy atom. The maximum atomic E-state index is 9.36. The molecule has 1 atom stereocenters. The minimum Gasteiger partial charge on any atom is -0.508 e. The van der Waals surface area contributed by atoms with E-state index in [0.29, 0.717) is 0 Å². The monoisotopic (exact) mass is 285 g/mol. The average Bonchev–Trinajstić information content (AvgIpc) is 3.10. The van der Waals surface area contributed by atoms with E-state index in [1.807, 2.05) is 36.0 Å². The fourth-order valence-corrected chi connectivity index (χ4v) is 2.87. The van der Waals surface area contributed by atoms with Gasteiger partial charge in [-0.3, -0.25) is 0 Å². The standard InChI is InChI=1S/C15H15N3OS/c1-18-9-8-16-15(18)14(13-3-2-10-20-13)17-11-4-6-12(19)7-5-11/h2-10,14,17,19H,1H3. The predicted molar refractivity (Wildman–Crippen MR) is 81.1 cm³/mol. The highest BCUT2D eigenvalue weighted by atomic mass is 32.1. The zero-order valence-electron chi connectivity index (χ0n) is 11.0. The van der Waals surface area contributed by atoms with Crippen LogP contribution in [0.5, 0.6) is 5.75 Å². The number of imidazole rings is 1. The number of aromatic nitrogens is 2. The van der Waals surface area contributed by atoms with Gasteiger partial charge in [-0.2, -0.15) is 0 Å². The van der Waals surface area contributed by atoms with Crippen LogP contribution in [-0.4, -0.2) is 14.7 Å². The Morgan fingerprint density at radius 3 is 2.65 bits per heavy atom. The molecular weight excluding hydrogens is 270 g/mol. The number of hydrogen-bond donors (Lipinski definition) is 2. The number of aryl methyl sites for hydroxylation is 1. The van der Waals surface area contributed by atoms with E-state index in [1.54, 1.807) is 29.7 Å². The lowest BCUT2D eigenvalue weighted by atomic mass is 10.2. The normalized spacial score (nSPS) is 12.2. The minimum absolute atomic E-state index is 0.000423. The van der Waals surface area contributed by atoms with Crippen LogP contribution in [0.2, 0.25) is 0 Å². The lowest BCUT2D eigenvalue weighted by Gasteiger charge is -2.18. The molecule has 0 spiro atoms. The second kappa shape index (κ2) is 5.38. The summed E-state index contributed by atoms with van der Waals surface area (Å²) in [6.45, 7) is 0. The van der Waals surface area contributed by atoms with Crippen LogP contribution in [0, 0.1) is 0 Å². The van der Waals surface area contributed by atoms with Crippen molar-refractivity contribution in [1.82, 2.24) is 9.55 Å². The highest BCUT2D eigenvalue weighted by molar-refractivity contribution is 7.10. The van der Waals surface area contributed by atoms with E-state index in [0.717, 1.165) is 11.5 Å². The van der Waals surface area contributed by atoms with Crippen molar-refractivity contribution in [2.75, 3.05) is 5.32 Å². The molecule has 0 saturated heterocycles. The van der Waals surface area contributed by atoms with Gasteiger partial charge in [-0.15, -0.1) is 11.3 Å². The highest BCUT2D eigenvalue weighted by Gasteiger charge is 2.19. The zero-order valence-corrected chi connectivity index (χ0v) is 11.8. The summed E-state index contributed by atoms with van der Waals surface area (Å²) in [6, 6.07) is 11.2. The summed E-state index contributed by atoms with van der Waals surface area (Å²) in [5.74, 6) is 1.22. The van der Waals surface area contributed by atoms with E-state index >= 15 is 0 Å². The van der Waals surface area contributed by atoms with E-state index in [9.17, 15) is 5.11 Å². The van der Waals surface area contributed by atoms with Crippen molar-refractivity contribution in [2.45, 2.75) is 6.04 Å². The van der Waals surface area contributed by atoms with Crippen molar-refractivity contribution in [2.24, 2.45) is 7.05 Å².